The quantitative estimate of drug-likeness (QED) is 0.328. The van der Waals surface area contributed by atoms with Crippen molar-refractivity contribution in [3.8, 4) is 0 Å². The van der Waals surface area contributed by atoms with Gasteiger partial charge in [-0.25, -0.2) is 4.99 Å². The summed E-state index contributed by atoms with van der Waals surface area (Å²) in [5, 5.41) is 3.38. The van der Waals surface area contributed by atoms with Crippen LogP contribution in [0.2, 0.25) is 0 Å². The number of methoxy groups -OCH3 is 1. The van der Waals surface area contributed by atoms with Crippen molar-refractivity contribution in [1.29, 1.82) is 0 Å². The van der Waals surface area contributed by atoms with Gasteiger partial charge in [-0.1, -0.05) is 31.2 Å². The van der Waals surface area contributed by atoms with Gasteiger partial charge in [0.15, 0.2) is 5.96 Å². The summed E-state index contributed by atoms with van der Waals surface area (Å²) in [4.78, 5) is 18.8. The summed E-state index contributed by atoms with van der Waals surface area (Å²) in [5.74, 6) is 0.813. The molecule has 1 aromatic carbocycles. The Balaban J connectivity index is 2.01. The van der Waals surface area contributed by atoms with Crippen LogP contribution in [0.15, 0.2) is 29.3 Å². The molecule has 1 heterocycles. The Labute approximate surface area is 162 Å². The number of hydrogen-bond acceptors (Lipinski definition) is 4. The van der Waals surface area contributed by atoms with E-state index in [-0.39, 0.29) is 11.9 Å². The second-order valence-corrected chi connectivity index (χ2v) is 6.78. The van der Waals surface area contributed by atoms with Crippen LogP contribution in [0.4, 0.5) is 0 Å². The summed E-state index contributed by atoms with van der Waals surface area (Å²) in [6.07, 6.45) is 2.63. The number of nitrogens with zero attached hydrogens (tertiary/aromatic N) is 2. The predicted octanol–water partition coefficient (Wildman–Crippen LogP) is 2.96. The van der Waals surface area contributed by atoms with Gasteiger partial charge < -0.3 is 19.7 Å². The number of benzene rings is 1. The van der Waals surface area contributed by atoms with Crippen molar-refractivity contribution in [3.05, 3.63) is 35.4 Å². The van der Waals surface area contributed by atoms with Gasteiger partial charge in [0.2, 0.25) is 0 Å². The largest absolute Gasteiger partial charge is 0.469 e. The molecule has 0 saturated carbocycles. The van der Waals surface area contributed by atoms with Crippen LogP contribution in [0.25, 0.3) is 0 Å². The van der Waals surface area contributed by atoms with Crippen molar-refractivity contribution in [1.82, 2.24) is 10.2 Å². The number of rotatable bonds is 8. The third-order valence-electron chi connectivity index (χ3n) is 4.79. The Morgan fingerprint density at radius 2 is 1.93 bits per heavy atom. The lowest BCUT2D eigenvalue weighted by Crippen LogP contribution is -2.46. The lowest BCUT2D eigenvalue weighted by atomic mass is 9.97. The van der Waals surface area contributed by atoms with Crippen LogP contribution >= 0.6 is 0 Å². The molecule has 1 saturated heterocycles. The number of hydrogen-bond donors (Lipinski definition) is 1. The highest BCUT2D eigenvalue weighted by Gasteiger charge is 2.26. The molecule has 1 N–H and O–H groups in total. The van der Waals surface area contributed by atoms with Crippen molar-refractivity contribution >= 4 is 11.9 Å². The fraction of sp³-hybridized carbons (Fsp3) is 0.619. The van der Waals surface area contributed by atoms with E-state index < -0.39 is 0 Å². The van der Waals surface area contributed by atoms with Crippen LogP contribution in [-0.2, 0) is 27.4 Å². The molecule has 6 heteroatoms. The molecule has 0 aromatic heterocycles. The lowest BCUT2D eigenvalue weighted by Gasteiger charge is -2.33. The van der Waals surface area contributed by atoms with Crippen molar-refractivity contribution in [2.45, 2.75) is 46.3 Å². The van der Waals surface area contributed by atoms with Crippen molar-refractivity contribution in [2.75, 3.05) is 33.4 Å². The molecule has 27 heavy (non-hydrogen) atoms. The molecule has 0 aliphatic carbocycles. The molecular weight excluding hydrogens is 342 g/mol. The van der Waals surface area contributed by atoms with E-state index in [1.54, 1.807) is 0 Å². The Kier molecular flexibility index (Phi) is 9.11. The summed E-state index contributed by atoms with van der Waals surface area (Å²) >= 11 is 0. The van der Waals surface area contributed by atoms with E-state index in [9.17, 15) is 4.79 Å². The third-order valence-corrected chi connectivity index (χ3v) is 4.79. The molecule has 0 bridgehead atoms. The van der Waals surface area contributed by atoms with E-state index >= 15 is 0 Å². The van der Waals surface area contributed by atoms with Gasteiger partial charge in [-0.2, -0.15) is 0 Å². The number of guanidine groups is 1. The zero-order chi connectivity index (χ0) is 19.5. The van der Waals surface area contributed by atoms with E-state index in [1.165, 1.54) is 18.2 Å². The van der Waals surface area contributed by atoms with Gasteiger partial charge >= 0.3 is 5.97 Å². The fourth-order valence-corrected chi connectivity index (χ4v) is 3.26. The topological polar surface area (TPSA) is 63.2 Å². The zero-order valence-electron chi connectivity index (χ0n) is 16.9. The van der Waals surface area contributed by atoms with Gasteiger partial charge in [0, 0.05) is 26.2 Å². The van der Waals surface area contributed by atoms with E-state index in [1.807, 2.05) is 12.1 Å². The molecule has 0 spiro atoms. The lowest BCUT2D eigenvalue weighted by molar-refractivity contribution is -0.146. The predicted molar refractivity (Wildman–Crippen MR) is 108 cm³/mol. The average molecular weight is 376 g/mol. The molecule has 0 atom stereocenters. The Hall–Kier alpha value is -2.08. The molecule has 1 aliphatic rings. The minimum absolute atomic E-state index is 0.00515. The van der Waals surface area contributed by atoms with Gasteiger partial charge in [0.1, 0.15) is 0 Å². The number of nitrogens with one attached hydrogen (secondary N) is 1. The Morgan fingerprint density at radius 3 is 2.56 bits per heavy atom. The number of esters is 1. The van der Waals surface area contributed by atoms with E-state index in [2.05, 4.69) is 36.2 Å². The second-order valence-electron chi connectivity index (χ2n) is 6.78. The van der Waals surface area contributed by atoms with Gasteiger partial charge in [-0.05, 0) is 37.3 Å². The number of carbonyl (C=O) groups is 1. The highest BCUT2D eigenvalue weighted by atomic mass is 16.5. The molecule has 1 aromatic rings. The Bertz CT molecular complexity index is 610. The smallest absolute Gasteiger partial charge is 0.308 e. The van der Waals surface area contributed by atoms with Gasteiger partial charge in [0.25, 0.3) is 0 Å². The van der Waals surface area contributed by atoms with Crippen LogP contribution in [-0.4, -0.2) is 50.2 Å². The van der Waals surface area contributed by atoms with Crippen LogP contribution in [0.3, 0.4) is 0 Å². The molecule has 0 unspecified atom stereocenters. The number of ether oxygens (including phenoxy) is 2. The van der Waals surface area contributed by atoms with Crippen LogP contribution in [0.5, 0.6) is 0 Å². The third kappa shape index (κ3) is 6.54. The van der Waals surface area contributed by atoms with Crippen molar-refractivity contribution in [2.24, 2.45) is 10.9 Å². The van der Waals surface area contributed by atoms with E-state index in [4.69, 9.17) is 14.5 Å². The summed E-state index contributed by atoms with van der Waals surface area (Å²) in [6, 6.07) is 8.31. The number of likely N-dealkylation sites (tertiary alicyclic amines) is 1. The first-order valence-corrected chi connectivity index (χ1v) is 9.95. The first-order valence-electron chi connectivity index (χ1n) is 9.95. The monoisotopic (exact) mass is 375 g/mol. The first-order chi connectivity index (χ1) is 13.2. The molecule has 1 fully saturated rings. The maximum absolute atomic E-state index is 11.7. The Morgan fingerprint density at radius 1 is 1.22 bits per heavy atom. The summed E-state index contributed by atoms with van der Waals surface area (Å²) in [7, 11) is 1.46. The fourth-order valence-electron chi connectivity index (χ4n) is 3.26. The summed E-state index contributed by atoms with van der Waals surface area (Å²) in [6.45, 7) is 8.64. The second kappa shape index (κ2) is 11.6. The average Bonchev–Trinajstić information content (AvgIpc) is 2.71. The zero-order valence-corrected chi connectivity index (χ0v) is 16.9. The minimum atomic E-state index is -0.0994. The highest BCUT2D eigenvalue weighted by molar-refractivity contribution is 5.80. The van der Waals surface area contributed by atoms with E-state index in [0.29, 0.717) is 13.2 Å². The molecule has 1 aliphatic heterocycles. The van der Waals surface area contributed by atoms with Crippen LogP contribution < -0.4 is 5.32 Å². The molecule has 0 amide bonds. The molecular formula is C21H33N3O3. The standard InChI is InChI=1S/C21H33N3O3/c1-4-14-27-16-19-9-7-6-8-18(19)15-23-21(22-5-2)24-12-10-17(11-13-24)20(25)26-3/h6-9,17H,4-5,10-16H2,1-3H3,(H,22,23). The van der Waals surface area contributed by atoms with Gasteiger partial charge in [-0.15, -0.1) is 0 Å². The molecule has 0 radical (unpaired) electrons. The SMILES string of the molecule is CCCOCc1ccccc1CN=C(NCC)N1CCC(C(=O)OC)CC1. The number of aliphatic imine (C=N–C) groups is 1. The number of carbonyl (C=O) groups excluding carboxylic acids is 1. The maximum atomic E-state index is 11.7. The van der Waals surface area contributed by atoms with Crippen LogP contribution in [0.1, 0.15) is 44.2 Å². The van der Waals surface area contributed by atoms with Crippen LogP contribution in [0, 0.1) is 5.92 Å². The molecule has 6 nitrogen and oxygen atoms in total. The highest BCUT2D eigenvalue weighted by Crippen LogP contribution is 2.19. The normalized spacial score (nSPS) is 15.7. The summed E-state index contributed by atoms with van der Waals surface area (Å²) < 4.78 is 10.6. The maximum Gasteiger partial charge on any atom is 0.308 e. The minimum Gasteiger partial charge on any atom is -0.469 e. The molecule has 2 rings (SSSR count). The first kappa shape index (κ1) is 21.2. The molecule has 150 valence electrons. The van der Waals surface area contributed by atoms with Gasteiger partial charge in [0.05, 0.1) is 26.2 Å². The van der Waals surface area contributed by atoms with Crippen molar-refractivity contribution < 1.29 is 14.3 Å². The van der Waals surface area contributed by atoms with Gasteiger partial charge in [-0.3, -0.25) is 4.79 Å². The number of piperidine rings is 1. The summed E-state index contributed by atoms with van der Waals surface area (Å²) in [5.41, 5.74) is 2.38. The van der Waals surface area contributed by atoms with E-state index in [0.717, 1.165) is 51.5 Å². The van der Waals surface area contributed by atoms with Crippen molar-refractivity contribution in [3.63, 3.8) is 0 Å².